The highest BCUT2D eigenvalue weighted by Gasteiger charge is 2.31. The molecule has 1 rings (SSSR count). The highest BCUT2D eigenvalue weighted by Crippen LogP contribution is 2.23. The lowest BCUT2D eigenvalue weighted by atomic mass is 9.87. The van der Waals surface area contributed by atoms with Crippen LogP contribution in [0.15, 0.2) is 0 Å². The number of hydrogen-bond acceptors (Lipinski definition) is 3. The molecule has 1 aliphatic heterocycles. The number of rotatable bonds is 3. The molecule has 0 amide bonds. The van der Waals surface area contributed by atoms with Crippen molar-refractivity contribution in [3.63, 3.8) is 0 Å². The van der Waals surface area contributed by atoms with E-state index in [-0.39, 0.29) is 11.9 Å². The Balaban J connectivity index is 2.51. The lowest BCUT2D eigenvalue weighted by molar-refractivity contribution is -0.152. The van der Waals surface area contributed by atoms with Crippen molar-refractivity contribution in [2.24, 2.45) is 11.8 Å². The minimum absolute atomic E-state index is 0.0156. The van der Waals surface area contributed by atoms with Crippen molar-refractivity contribution < 1.29 is 9.53 Å². The van der Waals surface area contributed by atoms with Gasteiger partial charge in [-0.2, -0.15) is 0 Å². The van der Waals surface area contributed by atoms with Gasteiger partial charge in [-0.05, 0) is 32.4 Å². The Morgan fingerprint density at radius 1 is 1.50 bits per heavy atom. The van der Waals surface area contributed by atoms with Crippen molar-refractivity contribution >= 4 is 5.97 Å². The Hall–Kier alpha value is -0.570. The molecule has 0 aromatic rings. The summed E-state index contributed by atoms with van der Waals surface area (Å²) in [5, 5.41) is 0. The summed E-state index contributed by atoms with van der Waals surface area (Å²) in [7, 11) is 0. The fourth-order valence-corrected chi connectivity index (χ4v) is 1.98. The first kappa shape index (κ1) is 11.5. The summed E-state index contributed by atoms with van der Waals surface area (Å²) >= 11 is 0. The normalized spacial score (nSPS) is 28.8. The van der Waals surface area contributed by atoms with Crippen LogP contribution in [0, 0.1) is 11.8 Å². The molecule has 2 atom stereocenters. The van der Waals surface area contributed by atoms with Gasteiger partial charge in [-0.3, -0.25) is 4.79 Å². The second kappa shape index (κ2) is 5.35. The number of likely N-dealkylation sites (tertiary alicyclic amines) is 1. The van der Waals surface area contributed by atoms with Crippen LogP contribution >= 0.6 is 0 Å². The van der Waals surface area contributed by atoms with Gasteiger partial charge in [0.1, 0.15) is 0 Å². The van der Waals surface area contributed by atoms with Crippen molar-refractivity contribution in [3.8, 4) is 0 Å². The number of nitrogens with zero attached hydrogens (tertiary/aromatic N) is 1. The Morgan fingerprint density at radius 3 is 2.79 bits per heavy atom. The third kappa shape index (κ3) is 2.71. The van der Waals surface area contributed by atoms with Crippen molar-refractivity contribution in [2.45, 2.75) is 27.2 Å². The van der Waals surface area contributed by atoms with Crippen molar-refractivity contribution in [1.29, 1.82) is 0 Å². The van der Waals surface area contributed by atoms with Gasteiger partial charge in [-0.25, -0.2) is 0 Å². The quantitative estimate of drug-likeness (QED) is 0.646. The van der Waals surface area contributed by atoms with E-state index in [0.29, 0.717) is 12.5 Å². The summed E-state index contributed by atoms with van der Waals surface area (Å²) in [5.74, 6) is 0.540. The Labute approximate surface area is 86.4 Å². The molecular weight excluding hydrogens is 178 g/mol. The highest BCUT2D eigenvalue weighted by atomic mass is 16.5. The zero-order chi connectivity index (χ0) is 10.6. The predicted molar refractivity (Wildman–Crippen MR) is 56.0 cm³/mol. The monoisotopic (exact) mass is 199 g/mol. The van der Waals surface area contributed by atoms with E-state index >= 15 is 0 Å². The first-order valence-corrected chi connectivity index (χ1v) is 5.58. The van der Waals surface area contributed by atoms with Crippen molar-refractivity contribution in [3.05, 3.63) is 0 Å². The highest BCUT2D eigenvalue weighted by molar-refractivity contribution is 5.73. The molecule has 1 saturated heterocycles. The Kier molecular flexibility index (Phi) is 4.39. The van der Waals surface area contributed by atoms with Gasteiger partial charge in [0, 0.05) is 6.54 Å². The van der Waals surface area contributed by atoms with Gasteiger partial charge in [-0.15, -0.1) is 0 Å². The fraction of sp³-hybridized carbons (Fsp3) is 0.909. The number of piperidine rings is 1. The average molecular weight is 199 g/mol. The Bertz CT molecular complexity index is 194. The van der Waals surface area contributed by atoms with Crippen molar-refractivity contribution in [2.75, 3.05) is 26.2 Å². The molecule has 0 spiro atoms. The summed E-state index contributed by atoms with van der Waals surface area (Å²) in [6.45, 7) is 9.66. The van der Waals surface area contributed by atoms with E-state index in [1.54, 1.807) is 0 Å². The maximum absolute atomic E-state index is 11.6. The molecule has 0 saturated carbocycles. The first-order valence-electron chi connectivity index (χ1n) is 5.58. The van der Waals surface area contributed by atoms with E-state index < -0.39 is 0 Å². The first-order chi connectivity index (χ1) is 6.69. The van der Waals surface area contributed by atoms with Gasteiger partial charge in [0.15, 0.2) is 0 Å². The number of carbonyl (C=O) groups is 1. The van der Waals surface area contributed by atoms with Crippen LogP contribution < -0.4 is 0 Å². The number of esters is 1. The van der Waals surface area contributed by atoms with Crippen LogP contribution in [0.2, 0.25) is 0 Å². The van der Waals surface area contributed by atoms with E-state index in [9.17, 15) is 4.79 Å². The minimum atomic E-state index is -0.0156. The maximum Gasteiger partial charge on any atom is 0.310 e. The fourth-order valence-electron chi connectivity index (χ4n) is 1.98. The van der Waals surface area contributed by atoms with E-state index in [1.165, 1.54) is 0 Å². The average Bonchev–Trinajstić information content (AvgIpc) is 2.19. The molecule has 14 heavy (non-hydrogen) atoms. The van der Waals surface area contributed by atoms with Crippen LogP contribution in [0.5, 0.6) is 0 Å². The zero-order valence-electron chi connectivity index (χ0n) is 9.45. The molecule has 0 aliphatic carbocycles. The maximum atomic E-state index is 11.6. The van der Waals surface area contributed by atoms with Gasteiger partial charge in [-0.1, -0.05) is 13.8 Å². The van der Waals surface area contributed by atoms with Crippen LogP contribution in [-0.4, -0.2) is 37.1 Å². The van der Waals surface area contributed by atoms with Crippen LogP contribution in [0.4, 0.5) is 0 Å². The van der Waals surface area contributed by atoms with Crippen molar-refractivity contribution in [1.82, 2.24) is 4.90 Å². The van der Waals surface area contributed by atoms with Gasteiger partial charge >= 0.3 is 5.97 Å². The van der Waals surface area contributed by atoms with Crippen LogP contribution in [0.1, 0.15) is 27.2 Å². The summed E-state index contributed by atoms with van der Waals surface area (Å²) in [4.78, 5) is 13.9. The molecule has 82 valence electrons. The van der Waals surface area contributed by atoms with E-state index in [2.05, 4.69) is 18.7 Å². The van der Waals surface area contributed by atoms with Crippen LogP contribution in [-0.2, 0) is 9.53 Å². The molecule has 3 heteroatoms. The van der Waals surface area contributed by atoms with E-state index in [1.807, 2.05) is 6.92 Å². The number of hydrogen-bond donors (Lipinski definition) is 0. The largest absolute Gasteiger partial charge is 0.466 e. The molecule has 0 radical (unpaired) electrons. The molecule has 3 nitrogen and oxygen atoms in total. The minimum Gasteiger partial charge on any atom is -0.466 e. The number of carbonyl (C=O) groups excluding carboxylic acids is 1. The third-order valence-electron chi connectivity index (χ3n) is 3.08. The second-order valence-corrected chi connectivity index (χ2v) is 4.02. The number of ether oxygens (including phenoxy) is 1. The van der Waals surface area contributed by atoms with Gasteiger partial charge in [0.25, 0.3) is 0 Å². The lowest BCUT2D eigenvalue weighted by Gasteiger charge is -2.34. The second-order valence-electron chi connectivity index (χ2n) is 4.02. The topological polar surface area (TPSA) is 29.5 Å². The molecule has 1 aliphatic rings. The van der Waals surface area contributed by atoms with Crippen LogP contribution in [0.3, 0.4) is 0 Å². The molecule has 0 bridgehead atoms. The summed E-state index contributed by atoms with van der Waals surface area (Å²) in [5.41, 5.74) is 0. The Morgan fingerprint density at radius 2 is 2.21 bits per heavy atom. The van der Waals surface area contributed by atoms with Crippen LogP contribution in [0.25, 0.3) is 0 Å². The van der Waals surface area contributed by atoms with E-state index in [4.69, 9.17) is 4.74 Å². The molecule has 2 unspecified atom stereocenters. The summed E-state index contributed by atoms with van der Waals surface area (Å²) < 4.78 is 5.08. The zero-order valence-corrected chi connectivity index (χ0v) is 9.45. The molecule has 0 aromatic heterocycles. The molecule has 1 fully saturated rings. The standard InChI is InChI=1S/C11H21NO2/c1-4-12-7-6-9(3)10(8-12)11(13)14-5-2/h9-10H,4-8H2,1-3H3. The lowest BCUT2D eigenvalue weighted by Crippen LogP contribution is -2.43. The summed E-state index contributed by atoms with van der Waals surface area (Å²) in [6, 6.07) is 0. The summed E-state index contributed by atoms with van der Waals surface area (Å²) in [6.07, 6.45) is 1.11. The SMILES string of the molecule is CCOC(=O)C1CN(CC)CCC1C. The molecule has 1 heterocycles. The molecule has 0 aromatic carbocycles. The molecule has 0 N–H and O–H groups in total. The van der Waals surface area contributed by atoms with Gasteiger partial charge in [0.2, 0.25) is 0 Å². The van der Waals surface area contributed by atoms with E-state index in [0.717, 1.165) is 26.1 Å². The van der Waals surface area contributed by atoms with Gasteiger partial charge in [0.05, 0.1) is 12.5 Å². The molecular formula is C11H21NO2. The smallest absolute Gasteiger partial charge is 0.310 e. The van der Waals surface area contributed by atoms with Gasteiger partial charge < -0.3 is 9.64 Å². The third-order valence-corrected chi connectivity index (χ3v) is 3.08. The predicted octanol–water partition coefficient (Wildman–Crippen LogP) is 1.53.